The lowest BCUT2D eigenvalue weighted by atomic mass is 10.1. The zero-order valence-electron chi connectivity index (χ0n) is 20.3. The fourth-order valence-corrected chi connectivity index (χ4v) is 4.01. The van der Waals surface area contributed by atoms with Gasteiger partial charge in [0.05, 0.1) is 18.8 Å². The van der Waals surface area contributed by atoms with Gasteiger partial charge >= 0.3 is 6.09 Å². The fraction of sp³-hybridized carbons (Fsp3) is 0.625. The molecule has 0 aromatic heterocycles. The van der Waals surface area contributed by atoms with Crippen molar-refractivity contribution in [1.82, 2.24) is 14.7 Å². The van der Waals surface area contributed by atoms with Gasteiger partial charge in [0.1, 0.15) is 5.60 Å². The summed E-state index contributed by atoms with van der Waals surface area (Å²) >= 11 is 0. The average Bonchev–Trinajstić information content (AvgIpc) is 2.75. The molecule has 2 atom stereocenters. The summed E-state index contributed by atoms with van der Waals surface area (Å²) in [6.45, 7) is 12.6. The van der Waals surface area contributed by atoms with Gasteiger partial charge in [0.25, 0.3) is 5.91 Å². The minimum atomic E-state index is -0.535. The highest BCUT2D eigenvalue weighted by Crippen LogP contribution is 2.17. The smallest absolute Gasteiger partial charge is 0.410 e. The molecule has 2 saturated heterocycles. The number of carbonyl (C=O) groups excluding carboxylic acids is 3. The molecule has 2 fully saturated rings. The van der Waals surface area contributed by atoms with E-state index < -0.39 is 5.60 Å². The van der Waals surface area contributed by atoms with E-state index in [-0.39, 0.29) is 36.7 Å². The molecule has 2 unspecified atom stereocenters. The predicted molar refractivity (Wildman–Crippen MR) is 125 cm³/mol. The van der Waals surface area contributed by atoms with Crippen LogP contribution >= 0.6 is 0 Å². The molecular weight excluding hydrogens is 424 g/mol. The summed E-state index contributed by atoms with van der Waals surface area (Å²) in [5.74, 6) is -0.0437. The molecule has 1 N–H and O–H groups in total. The lowest BCUT2D eigenvalue weighted by Gasteiger charge is -2.35. The summed E-state index contributed by atoms with van der Waals surface area (Å²) in [6, 6.07) is 7.18. The van der Waals surface area contributed by atoms with Crippen LogP contribution < -0.4 is 5.32 Å². The van der Waals surface area contributed by atoms with Crippen LogP contribution in [0.25, 0.3) is 0 Å². The SMILES string of the molecule is CC1CN(C(=O)c2ccc(NCC(=O)N3CCN(C(=O)OC(C)(C)C)CC3)cc2)CC(C)O1. The first kappa shape index (κ1) is 24.8. The van der Waals surface area contributed by atoms with Crippen LogP contribution in [-0.2, 0) is 14.3 Å². The molecule has 0 aliphatic carbocycles. The summed E-state index contributed by atoms with van der Waals surface area (Å²) < 4.78 is 11.1. The van der Waals surface area contributed by atoms with Crippen molar-refractivity contribution in [3.8, 4) is 0 Å². The number of morpholine rings is 1. The number of benzene rings is 1. The van der Waals surface area contributed by atoms with Gasteiger partial charge in [-0.1, -0.05) is 0 Å². The third-order valence-corrected chi connectivity index (χ3v) is 5.57. The van der Waals surface area contributed by atoms with Crippen LogP contribution in [0.4, 0.5) is 10.5 Å². The molecule has 9 heteroatoms. The maximum atomic E-state index is 12.8. The first-order chi connectivity index (χ1) is 15.5. The van der Waals surface area contributed by atoms with Gasteiger partial charge in [-0.15, -0.1) is 0 Å². The first-order valence-electron chi connectivity index (χ1n) is 11.6. The number of ether oxygens (including phenoxy) is 2. The molecule has 33 heavy (non-hydrogen) atoms. The number of anilines is 1. The quantitative estimate of drug-likeness (QED) is 0.742. The maximum Gasteiger partial charge on any atom is 0.410 e. The van der Waals surface area contributed by atoms with Crippen molar-refractivity contribution in [2.24, 2.45) is 0 Å². The molecule has 0 saturated carbocycles. The van der Waals surface area contributed by atoms with E-state index in [0.717, 1.165) is 5.69 Å². The Kier molecular flexibility index (Phi) is 7.84. The lowest BCUT2D eigenvalue weighted by Crippen LogP contribution is -2.52. The van der Waals surface area contributed by atoms with Gasteiger partial charge in [-0.2, -0.15) is 0 Å². The third kappa shape index (κ3) is 7.08. The Morgan fingerprint density at radius 3 is 2.03 bits per heavy atom. The Bertz CT molecular complexity index is 833. The van der Waals surface area contributed by atoms with E-state index in [2.05, 4.69) is 5.32 Å². The van der Waals surface area contributed by atoms with E-state index in [9.17, 15) is 14.4 Å². The van der Waals surface area contributed by atoms with Gasteiger partial charge in [0.2, 0.25) is 5.91 Å². The number of carbonyl (C=O) groups is 3. The molecule has 1 aromatic rings. The standard InChI is InChI=1S/C24H36N4O5/c1-17-15-28(16-18(2)32-17)22(30)19-6-8-20(9-7-19)25-14-21(29)26-10-12-27(13-11-26)23(31)33-24(3,4)5/h6-9,17-18,25H,10-16H2,1-5H3. The molecule has 2 aliphatic rings. The number of hydrogen-bond acceptors (Lipinski definition) is 6. The van der Waals surface area contributed by atoms with Crippen molar-refractivity contribution in [3.63, 3.8) is 0 Å². The number of hydrogen-bond donors (Lipinski definition) is 1. The van der Waals surface area contributed by atoms with Gasteiger partial charge in [-0.3, -0.25) is 9.59 Å². The van der Waals surface area contributed by atoms with Crippen molar-refractivity contribution in [2.75, 3.05) is 51.1 Å². The Morgan fingerprint density at radius 1 is 0.939 bits per heavy atom. The summed E-state index contributed by atoms with van der Waals surface area (Å²) in [7, 11) is 0. The van der Waals surface area contributed by atoms with E-state index in [1.807, 2.05) is 51.7 Å². The highest BCUT2D eigenvalue weighted by molar-refractivity contribution is 5.94. The van der Waals surface area contributed by atoms with Crippen molar-refractivity contribution < 1.29 is 23.9 Å². The highest BCUT2D eigenvalue weighted by atomic mass is 16.6. The van der Waals surface area contributed by atoms with Crippen molar-refractivity contribution in [3.05, 3.63) is 29.8 Å². The van der Waals surface area contributed by atoms with Crippen LogP contribution in [0.5, 0.6) is 0 Å². The van der Waals surface area contributed by atoms with Gasteiger partial charge < -0.3 is 29.5 Å². The molecular formula is C24H36N4O5. The van der Waals surface area contributed by atoms with Crippen LogP contribution in [0.2, 0.25) is 0 Å². The average molecular weight is 461 g/mol. The molecule has 1 aromatic carbocycles. The molecule has 0 spiro atoms. The highest BCUT2D eigenvalue weighted by Gasteiger charge is 2.28. The number of amides is 3. The predicted octanol–water partition coefficient (Wildman–Crippen LogP) is 2.43. The van der Waals surface area contributed by atoms with E-state index in [1.54, 1.807) is 21.9 Å². The maximum absolute atomic E-state index is 12.8. The van der Waals surface area contributed by atoms with E-state index >= 15 is 0 Å². The molecule has 0 bridgehead atoms. The summed E-state index contributed by atoms with van der Waals surface area (Å²) in [5.41, 5.74) is 0.857. The summed E-state index contributed by atoms with van der Waals surface area (Å²) in [5, 5.41) is 3.13. The molecule has 3 amide bonds. The van der Waals surface area contributed by atoms with Gasteiger partial charge in [0.15, 0.2) is 0 Å². The molecule has 2 aliphatic heterocycles. The Morgan fingerprint density at radius 2 is 1.48 bits per heavy atom. The van der Waals surface area contributed by atoms with E-state index in [0.29, 0.717) is 44.8 Å². The molecule has 0 radical (unpaired) electrons. The molecule has 182 valence electrons. The zero-order chi connectivity index (χ0) is 24.2. The van der Waals surface area contributed by atoms with Crippen LogP contribution in [0.15, 0.2) is 24.3 Å². The second-order valence-corrected chi connectivity index (χ2v) is 9.75. The normalized spacial score (nSPS) is 21.5. The summed E-state index contributed by atoms with van der Waals surface area (Å²) in [4.78, 5) is 42.7. The van der Waals surface area contributed by atoms with Crippen LogP contribution in [0, 0.1) is 0 Å². The second-order valence-electron chi connectivity index (χ2n) is 9.75. The molecule has 2 heterocycles. The minimum absolute atomic E-state index is 0.0116. The van der Waals surface area contributed by atoms with Crippen LogP contribution in [0.1, 0.15) is 45.0 Å². The zero-order valence-corrected chi connectivity index (χ0v) is 20.3. The van der Waals surface area contributed by atoms with Crippen LogP contribution in [-0.4, -0.2) is 96.2 Å². The van der Waals surface area contributed by atoms with Gasteiger partial charge in [-0.05, 0) is 58.9 Å². The Balaban J connectivity index is 1.44. The monoisotopic (exact) mass is 460 g/mol. The van der Waals surface area contributed by atoms with Crippen molar-refractivity contribution >= 4 is 23.6 Å². The second kappa shape index (κ2) is 10.4. The number of piperazine rings is 1. The van der Waals surface area contributed by atoms with E-state index in [1.165, 1.54) is 0 Å². The number of rotatable bonds is 4. The van der Waals surface area contributed by atoms with Gasteiger partial charge in [-0.25, -0.2) is 4.79 Å². The molecule has 9 nitrogen and oxygen atoms in total. The largest absolute Gasteiger partial charge is 0.444 e. The number of nitrogens with zero attached hydrogens (tertiary/aromatic N) is 3. The molecule has 3 rings (SSSR count). The Labute approximate surface area is 196 Å². The Hall–Kier alpha value is -2.81. The topological polar surface area (TPSA) is 91.4 Å². The third-order valence-electron chi connectivity index (χ3n) is 5.57. The summed E-state index contributed by atoms with van der Waals surface area (Å²) in [6.07, 6.45) is -0.297. The van der Waals surface area contributed by atoms with Crippen LogP contribution in [0.3, 0.4) is 0 Å². The lowest BCUT2D eigenvalue weighted by molar-refractivity contribution is -0.131. The minimum Gasteiger partial charge on any atom is -0.444 e. The number of nitrogens with one attached hydrogen (secondary N) is 1. The van der Waals surface area contributed by atoms with Gasteiger partial charge in [0, 0.05) is 50.5 Å². The van der Waals surface area contributed by atoms with Crippen molar-refractivity contribution in [2.45, 2.75) is 52.4 Å². The fourth-order valence-electron chi connectivity index (χ4n) is 4.01. The van der Waals surface area contributed by atoms with E-state index in [4.69, 9.17) is 9.47 Å². The first-order valence-corrected chi connectivity index (χ1v) is 11.6. The van der Waals surface area contributed by atoms with Crippen molar-refractivity contribution in [1.29, 1.82) is 0 Å².